The van der Waals surface area contributed by atoms with Crippen molar-refractivity contribution in [2.45, 2.75) is 45.3 Å². The lowest BCUT2D eigenvalue weighted by Crippen LogP contribution is -2.23. The smallest absolute Gasteiger partial charge is 0.120 e. The van der Waals surface area contributed by atoms with Gasteiger partial charge in [0.1, 0.15) is 5.75 Å². The number of benzene rings is 1. The van der Waals surface area contributed by atoms with Crippen molar-refractivity contribution in [1.29, 1.82) is 0 Å². The van der Waals surface area contributed by atoms with E-state index in [0.717, 1.165) is 30.1 Å². The summed E-state index contributed by atoms with van der Waals surface area (Å²) in [6, 6.07) is 7.75. The molecule has 0 bridgehead atoms. The molecule has 2 heteroatoms. The fraction of sp³-hybridized carbons (Fsp3) is 0.571. The molecule has 0 amide bonds. The fourth-order valence-corrected chi connectivity index (χ4v) is 2.26. The Hall–Kier alpha value is -1.02. The number of aliphatic hydroxyl groups is 1. The van der Waals surface area contributed by atoms with E-state index in [2.05, 4.69) is 6.92 Å². The molecule has 0 atom stereocenters. The minimum atomic E-state index is 0.0822. The van der Waals surface area contributed by atoms with E-state index in [1.54, 1.807) is 0 Å². The summed E-state index contributed by atoms with van der Waals surface area (Å²) in [6.07, 6.45) is 5.22. The summed E-state index contributed by atoms with van der Waals surface area (Å²) in [4.78, 5) is 0. The van der Waals surface area contributed by atoms with Gasteiger partial charge in [0.15, 0.2) is 0 Å². The zero-order valence-electron chi connectivity index (χ0n) is 9.86. The number of rotatable bonds is 3. The molecule has 0 saturated heterocycles. The molecule has 1 aliphatic carbocycles. The van der Waals surface area contributed by atoms with Gasteiger partial charge in [0.05, 0.1) is 12.7 Å². The first-order valence-corrected chi connectivity index (χ1v) is 6.14. The van der Waals surface area contributed by atoms with Gasteiger partial charge < -0.3 is 9.84 Å². The van der Waals surface area contributed by atoms with Gasteiger partial charge in [0.25, 0.3) is 0 Å². The number of ether oxygens (including phenoxy) is 1. The molecule has 1 aromatic rings. The first-order valence-electron chi connectivity index (χ1n) is 6.14. The fourth-order valence-electron chi connectivity index (χ4n) is 2.26. The van der Waals surface area contributed by atoms with Crippen LogP contribution in [0.5, 0.6) is 5.75 Å². The molecule has 16 heavy (non-hydrogen) atoms. The van der Waals surface area contributed by atoms with Crippen LogP contribution in [-0.4, -0.2) is 11.2 Å². The molecule has 88 valence electrons. The molecule has 1 N–H and O–H groups in total. The Labute approximate surface area is 97.3 Å². The first-order chi connectivity index (χ1) is 7.78. The lowest BCUT2D eigenvalue weighted by molar-refractivity contribution is 0.135. The summed E-state index contributed by atoms with van der Waals surface area (Å²) in [7, 11) is 0. The topological polar surface area (TPSA) is 29.5 Å². The van der Waals surface area contributed by atoms with Crippen LogP contribution in [-0.2, 0) is 6.61 Å². The van der Waals surface area contributed by atoms with Crippen LogP contribution < -0.4 is 4.74 Å². The highest BCUT2D eigenvalue weighted by Gasteiger charge is 2.19. The summed E-state index contributed by atoms with van der Waals surface area (Å²) >= 11 is 0. The van der Waals surface area contributed by atoms with Crippen molar-refractivity contribution in [3.05, 3.63) is 29.8 Å². The quantitative estimate of drug-likeness (QED) is 0.848. The molecule has 0 unspecified atom stereocenters. The third kappa shape index (κ3) is 2.99. The van der Waals surface area contributed by atoms with Crippen molar-refractivity contribution in [3.63, 3.8) is 0 Å². The highest BCUT2D eigenvalue weighted by molar-refractivity contribution is 5.28. The molecular formula is C14H20O2. The van der Waals surface area contributed by atoms with Crippen LogP contribution >= 0.6 is 0 Å². The second kappa shape index (κ2) is 5.35. The van der Waals surface area contributed by atoms with Crippen LogP contribution in [0.3, 0.4) is 0 Å². The Morgan fingerprint density at radius 2 is 2.00 bits per heavy atom. The SMILES string of the molecule is CC1CCC(Oc2cccc(CO)c2)CC1. The number of hydrogen-bond donors (Lipinski definition) is 1. The Kier molecular flexibility index (Phi) is 3.83. The minimum absolute atomic E-state index is 0.0822. The van der Waals surface area contributed by atoms with Gasteiger partial charge in [-0.1, -0.05) is 19.1 Å². The predicted molar refractivity (Wildman–Crippen MR) is 64.4 cm³/mol. The Morgan fingerprint density at radius 3 is 2.69 bits per heavy atom. The van der Waals surface area contributed by atoms with Crippen LogP contribution in [0.2, 0.25) is 0 Å². The van der Waals surface area contributed by atoms with Crippen molar-refractivity contribution in [3.8, 4) is 5.75 Å². The molecule has 0 aromatic heterocycles. The van der Waals surface area contributed by atoms with E-state index in [0.29, 0.717) is 6.10 Å². The standard InChI is InChI=1S/C14H20O2/c1-11-5-7-13(8-6-11)16-14-4-2-3-12(9-14)10-15/h2-4,9,11,13,15H,5-8,10H2,1H3. The Bertz CT molecular complexity index is 327. The Morgan fingerprint density at radius 1 is 1.25 bits per heavy atom. The van der Waals surface area contributed by atoms with Gasteiger partial charge in [-0.15, -0.1) is 0 Å². The maximum atomic E-state index is 9.05. The van der Waals surface area contributed by atoms with E-state index in [4.69, 9.17) is 9.84 Å². The van der Waals surface area contributed by atoms with Crippen LogP contribution in [0, 0.1) is 5.92 Å². The molecule has 1 fully saturated rings. The van der Waals surface area contributed by atoms with E-state index in [1.807, 2.05) is 24.3 Å². The zero-order chi connectivity index (χ0) is 11.4. The average Bonchev–Trinajstić information content (AvgIpc) is 2.32. The van der Waals surface area contributed by atoms with E-state index < -0.39 is 0 Å². The summed E-state index contributed by atoms with van der Waals surface area (Å²) in [5.74, 6) is 1.75. The van der Waals surface area contributed by atoms with E-state index >= 15 is 0 Å². The van der Waals surface area contributed by atoms with E-state index in [-0.39, 0.29) is 6.61 Å². The molecule has 1 saturated carbocycles. The van der Waals surface area contributed by atoms with E-state index in [9.17, 15) is 0 Å². The molecule has 0 spiro atoms. The largest absolute Gasteiger partial charge is 0.490 e. The third-order valence-electron chi connectivity index (χ3n) is 3.35. The van der Waals surface area contributed by atoms with Crippen LogP contribution in [0.1, 0.15) is 38.2 Å². The molecule has 2 rings (SSSR count). The summed E-state index contributed by atoms with van der Waals surface area (Å²) in [5.41, 5.74) is 0.918. The van der Waals surface area contributed by atoms with Crippen molar-refractivity contribution in [2.75, 3.05) is 0 Å². The number of hydrogen-bond acceptors (Lipinski definition) is 2. The van der Waals surface area contributed by atoms with Gasteiger partial charge in [-0.3, -0.25) is 0 Å². The second-order valence-corrected chi connectivity index (χ2v) is 4.81. The van der Waals surface area contributed by atoms with Crippen molar-refractivity contribution >= 4 is 0 Å². The summed E-state index contributed by atoms with van der Waals surface area (Å²) in [5, 5.41) is 9.05. The van der Waals surface area contributed by atoms with Crippen LogP contribution in [0.25, 0.3) is 0 Å². The molecule has 0 heterocycles. The highest BCUT2D eigenvalue weighted by Crippen LogP contribution is 2.27. The van der Waals surface area contributed by atoms with Crippen molar-refractivity contribution in [2.24, 2.45) is 5.92 Å². The highest BCUT2D eigenvalue weighted by atomic mass is 16.5. The predicted octanol–water partition coefficient (Wildman–Crippen LogP) is 3.14. The molecular weight excluding hydrogens is 200 g/mol. The van der Waals surface area contributed by atoms with Crippen LogP contribution in [0.15, 0.2) is 24.3 Å². The third-order valence-corrected chi connectivity index (χ3v) is 3.35. The zero-order valence-corrected chi connectivity index (χ0v) is 9.86. The lowest BCUT2D eigenvalue weighted by Gasteiger charge is -2.27. The Balaban J connectivity index is 1.93. The van der Waals surface area contributed by atoms with Gasteiger partial charge >= 0.3 is 0 Å². The van der Waals surface area contributed by atoms with Crippen molar-refractivity contribution in [1.82, 2.24) is 0 Å². The van der Waals surface area contributed by atoms with Crippen molar-refractivity contribution < 1.29 is 9.84 Å². The van der Waals surface area contributed by atoms with Gasteiger partial charge in [-0.25, -0.2) is 0 Å². The summed E-state index contributed by atoms with van der Waals surface area (Å²) in [6.45, 7) is 2.39. The average molecular weight is 220 g/mol. The monoisotopic (exact) mass is 220 g/mol. The lowest BCUT2D eigenvalue weighted by atomic mass is 9.89. The molecule has 0 radical (unpaired) electrons. The van der Waals surface area contributed by atoms with Crippen LogP contribution in [0.4, 0.5) is 0 Å². The second-order valence-electron chi connectivity index (χ2n) is 4.81. The first kappa shape index (κ1) is 11.5. The summed E-state index contributed by atoms with van der Waals surface area (Å²) < 4.78 is 5.94. The molecule has 2 nitrogen and oxygen atoms in total. The maximum Gasteiger partial charge on any atom is 0.120 e. The molecule has 1 aliphatic rings. The van der Waals surface area contributed by atoms with E-state index in [1.165, 1.54) is 12.8 Å². The van der Waals surface area contributed by atoms with Gasteiger partial charge in [0, 0.05) is 0 Å². The minimum Gasteiger partial charge on any atom is -0.490 e. The van der Waals surface area contributed by atoms with Gasteiger partial charge in [-0.05, 0) is 49.3 Å². The molecule has 1 aromatic carbocycles. The van der Waals surface area contributed by atoms with Gasteiger partial charge in [-0.2, -0.15) is 0 Å². The number of aliphatic hydroxyl groups excluding tert-OH is 1. The maximum absolute atomic E-state index is 9.05. The van der Waals surface area contributed by atoms with Gasteiger partial charge in [0.2, 0.25) is 0 Å². The molecule has 0 aliphatic heterocycles. The normalized spacial score (nSPS) is 25.4.